The van der Waals surface area contributed by atoms with Gasteiger partial charge in [0.05, 0.1) is 0 Å². The number of rotatable bonds is 10. The molecule has 0 aliphatic carbocycles. The van der Waals surface area contributed by atoms with E-state index in [0.717, 1.165) is 21.9 Å². The maximum atomic E-state index is 12.1. The van der Waals surface area contributed by atoms with Gasteiger partial charge in [-0.15, -0.1) is 0 Å². The average molecular weight is 458 g/mol. The highest BCUT2D eigenvalue weighted by Gasteiger charge is 2.10. The standard InChI is InChI=1S/C27H27N3O4/c31-23(19-33-25-12-6-10-22-9-4-5-11-24(22)25)17-30-27(32)29-16-21-13-14-28-26(15-21)34-18-20-7-2-1-3-8-20/h1-15,23,31H,16-19H2,(H2,29,30,32). The number of nitrogens with one attached hydrogen (secondary N) is 2. The van der Waals surface area contributed by atoms with Crippen LogP contribution in [-0.2, 0) is 13.2 Å². The number of nitrogens with zero attached hydrogens (tertiary/aromatic N) is 1. The first-order valence-electron chi connectivity index (χ1n) is 11.1. The van der Waals surface area contributed by atoms with Gasteiger partial charge in [0.2, 0.25) is 5.88 Å². The molecular weight excluding hydrogens is 430 g/mol. The van der Waals surface area contributed by atoms with Gasteiger partial charge < -0.3 is 25.2 Å². The molecule has 1 unspecified atom stereocenters. The number of aliphatic hydroxyl groups is 1. The highest BCUT2D eigenvalue weighted by molar-refractivity contribution is 5.88. The lowest BCUT2D eigenvalue weighted by Gasteiger charge is -2.15. The number of amides is 2. The zero-order valence-electron chi connectivity index (χ0n) is 18.7. The molecule has 0 spiro atoms. The Kier molecular flexibility index (Phi) is 7.92. The lowest BCUT2D eigenvalue weighted by Crippen LogP contribution is -2.41. The first kappa shape index (κ1) is 23.1. The number of hydrogen-bond donors (Lipinski definition) is 3. The van der Waals surface area contributed by atoms with Crippen LogP contribution in [0.4, 0.5) is 4.79 Å². The molecule has 4 aromatic rings. The van der Waals surface area contributed by atoms with Crippen molar-refractivity contribution < 1.29 is 19.4 Å². The summed E-state index contributed by atoms with van der Waals surface area (Å²) in [6, 6.07) is 26.7. The van der Waals surface area contributed by atoms with E-state index in [9.17, 15) is 9.90 Å². The summed E-state index contributed by atoms with van der Waals surface area (Å²) in [5.74, 6) is 1.19. The maximum absolute atomic E-state index is 12.1. The van der Waals surface area contributed by atoms with Gasteiger partial charge in [-0.25, -0.2) is 9.78 Å². The molecule has 3 aromatic carbocycles. The molecule has 0 bridgehead atoms. The molecule has 0 aliphatic heterocycles. The minimum Gasteiger partial charge on any atom is -0.490 e. The fourth-order valence-electron chi connectivity index (χ4n) is 3.39. The number of carbonyl (C=O) groups excluding carboxylic acids is 1. The summed E-state index contributed by atoms with van der Waals surface area (Å²) in [6.45, 7) is 0.863. The summed E-state index contributed by atoms with van der Waals surface area (Å²) in [5.41, 5.74) is 1.91. The summed E-state index contributed by atoms with van der Waals surface area (Å²) in [6.07, 6.45) is 0.799. The molecule has 1 heterocycles. The molecule has 2 amide bonds. The molecule has 7 heteroatoms. The van der Waals surface area contributed by atoms with Crippen LogP contribution in [0.3, 0.4) is 0 Å². The SMILES string of the molecule is O=C(NCc1ccnc(OCc2ccccc2)c1)NCC(O)COc1cccc2ccccc12. The van der Waals surface area contributed by atoms with Gasteiger partial charge in [0.15, 0.2) is 0 Å². The molecule has 174 valence electrons. The quantitative estimate of drug-likeness (QED) is 0.334. The Morgan fingerprint density at radius 3 is 2.56 bits per heavy atom. The molecule has 0 aliphatic rings. The van der Waals surface area contributed by atoms with E-state index in [0.29, 0.717) is 24.8 Å². The highest BCUT2D eigenvalue weighted by atomic mass is 16.5. The second-order valence-electron chi connectivity index (χ2n) is 7.78. The fourth-order valence-corrected chi connectivity index (χ4v) is 3.39. The van der Waals surface area contributed by atoms with Crippen LogP contribution in [0.25, 0.3) is 10.8 Å². The van der Waals surface area contributed by atoms with Gasteiger partial charge in [-0.2, -0.15) is 0 Å². The topological polar surface area (TPSA) is 92.7 Å². The van der Waals surface area contributed by atoms with Crippen LogP contribution in [0, 0.1) is 0 Å². The Morgan fingerprint density at radius 1 is 0.882 bits per heavy atom. The van der Waals surface area contributed by atoms with E-state index in [-0.39, 0.29) is 19.2 Å². The molecular formula is C27H27N3O4. The number of fused-ring (bicyclic) bond motifs is 1. The molecule has 1 aromatic heterocycles. The Hall–Kier alpha value is -4.10. The van der Waals surface area contributed by atoms with Crippen molar-refractivity contribution in [3.63, 3.8) is 0 Å². The molecule has 0 saturated heterocycles. The fraction of sp³-hybridized carbons (Fsp3) is 0.185. The number of pyridine rings is 1. The lowest BCUT2D eigenvalue weighted by molar-refractivity contribution is 0.108. The van der Waals surface area contributed by atoms with Crippen molar-refractivity contribution in [3.8, 4) is 11.6 Å². The van der Waals surface area contributed by atoms with Crippen LogP contribution in [0.2, 0.25) is 0 Å². The van der Waals surface area contributed by atoms with Gasteiger partial charge in [0.25, 0.3) is 0 Å². The van der Waals surface area contributed by atoms with E-state index >= 15 is 0 Å². The van der Waals surface area contributed by atoms with Crippen molar-refractivity contribution in [1.82, 2.24) is 15.6 Å². The summed E-state index contributed by atoms with van der Waals surface area (Å²) in [4.78, 5) is 16.4. The van der Waals surface area contributed by atoms with Gasteiger partial charge in [-0.3, -0.25) is 0 Å². The van der Waals surface area contributed by atoms with Crippen molar-refractivity contribution >= 4 is 16.8 Å². The number of aliphatic hydroxyl groups excluding tert-OH is 1. The first-order chi connectivity index (χ1) is 16.7. The van der Waals surface area contributed by atoms with E-state index in [1.54, 1.807) is 12.3 Å². The third-order valence-corrected chi connectivity index (χ3v) is 5.16. The third kappa shape index (κ3) is 6.70. The Morgan fingerprint density at radius 2 is 1.68 bits per heavy atom. The van der Waals surface area contributed by atoms with Crippen LogP contribution < -0.4 is 20.1 Å². The smallest absolute Gasteiger partial charge is 0.315 e. The number of carbonyl (C=O) groups is 1. The molecule has 7 nitrogen and oxygen atoms in total. The van der Waals surface area contributed by atoms with Crippen molar-refractivity contribution in [2.24, 2.45) is 0 Å². The predicted octanol–water partition coefficient (Wildman–Crippen LogP) is 4.05. The maximum Gasteiger partial charge on any atom is 0.315 e. The monoisotopic (exact) mass is 457 g/mol. The molecule has 0 fully saturated rings. The zero-order chi connectivity index (χ0) is 23.6. The van der Waals surface area contributed by atoms with Crippen molar-refractivity contribution in [2.45, 2.75) is 19.3 Å². The molecule has 1 atom stereocenters. The first-order valence-corrected chi connectivity index (χ1v) is 11.1. The van der Waals surface area contributed by atoms with Crippen molar-refractivity contribution in [3.05, 3.63) is 102 Å². The van der Waals surface area contributed by atoms with Crippen LogP contribution in [0.15, 0.2) is 91.1 Å². The van der Waals surface area contributed by atoms with E-state index in [2.05, 4.69) is 15.6 Å². The molecule has 34 heavy (non-hydrogen) atoms. The van der Waals surface area contributed by atoms with Gasteiger partial charge in [0.1, 0.15) is 25.1 Å². The third-order valence-electron chi connectivity index (χ3n) is 5.16. The number of hydrogen-bond acceptors (Lipinski definition) is 5. The van der Waals surface area contributed by atoms with E-state index in [1.807, 2.05) is 78.9 Å². The van der Waals surface area contributed by atoms with E-state index < -0.39 is 6.10 Å². The summed E-state index contributed by atoms with van der Waals surface area (Å²) >= 11 is 0. The minimum absolute atomic E-state index is 0.0678. The lowest BCUT2D eigenvalue weighted by atomic mass is 10.1. The average Bonchev–Trinajstić information content (AvgIpc) is 2.89. The number of ether oxygens (including phenoxy) is 2. The molecule has 4 rings (SSSR count). The number of aromatic nitrogens is 1. The van der Waals surface area contributed by atoms with Crippen molar-refractivity contribution in [1.29, 1.82) is 0 Å². The Bertz CT molecular complexity index is 1210. The van der Waals surface area contributed by atoms with Gasteiger partial charge in [-0.1, -0.05) is 66.7 Å². The van der Waals surface area contributed by atoms with Crippen LogP contribution in [0.1, 0.15) is 11.1 Å². The van der Waals surface area contributed by atoms with E-state index in [1.165, 1.54) is 0 Å². The molecule has 0 radical (unpaired) electrons. The van der Waals surface area contributed by atoms with Gasteiger partial charge in [0, 0.05) is 30.7 Å². The van der Waals surface area contributed by atoms with E-state index in [4.69, 9.17) is 9.47 Å². The Labute approximate surface area is 198 Å². The normalized spacial score (nSPS) is 11.6. The second-order valence-corrected chi connectivity index (χ2v) is 7.78. The zero-order valence-corrected chi connectivity index (χ0v) is 18.7. The number of benzene rings is 3. The minimum atomic E-state index is -0.844. The van der Waals surface area contributed by atoms with Crippen LogP contribution >= 0.6 is 0 Å². The Balaban J connectivity index is 1.18. The molecule has 0 saturated carbocycles. The summed E-state index contributed by atoms with van der Waals surface area (Å²) < 4.78 is 11.5. The largest absolute Gasteiger partial charge is 0.490 e. The molecule has 3 N–H and O–H groups in total. The summed E-state index contributed by atoms with van der Waals surface area (Å²) in [7, 11) is 0. The van der Waals surface area contributed by atoms with Gasteiger partial charge in [-0.05, 0) is 28.6 Å². The number of urea groups is 1. The van der Waals surface area contributed by atoms with Crippen molar-refractivity contribution in [2.75, 3.05) is 13.2 Å². The highest BCUT2D eigenvalue weighted by Crippen LogP contribution is 2.25. The van der Waals surface area contributed by atoms with Gasteiger partial charge >= 0.3 is 6.03 Å². The van der Waals surface area contributed by atoms with Crippen LogP contribution in [-0.4, -0.2) is 35.4 Å². The second kappa shape index (κ2) is 11.7. The predicted molar refractivity (Wildman–Crippen MR) is 131 cm³/mol. The summed E-state index contributed by atoms with van der Waals surface area (Å²) in [5, 5.41) is 17.7. The van der Waals surface area contributed by atoms with Crippen LogP contribution in [0.5, 0.6) is 11.6 Å².